The van der Waals surface area contributed by atoms with Crippen LogP contribution in [0.3, 0.4) is 0 Å². The molecule has 0 atom stereocenters. The molecule has 0 aliphatic heterocycles. The highest BCUT2D eigenvalue weighted by Crippen LogP contribution is 2.39. The van der Waals surface area contributed by atoms with Crippen LogP contribution >= 0.6 is 0 Å². The van der Waals surface area contributed by atoms with Crippen LogP contribution in [0.2, 0.25) is 0 Å². The summed E-state index contributed by atoms with van der Waals surface area (Å²) in [5.74, 6) is -1.04. The van der Waals surface area contributed by atoms with Gasteiger partial charge in [0.25, 0.3) is 0 Å². The van der Waals surface area contributed by atoms with Crippen molar-refractivity contribution < 1.29 is 9.90 Å². The molecule has 0 unspecified atom stereocenters. The van der Waals surface area contributed by atoms with Crippen LogP contribution in [-0.2, 0) is 13.5 Å². The van der Waals surface area contributed by atoms with Gasteiger partial charge in [-0.15, -0.1) is 0 Å². The summed E-state index contributed by atoms with van der Waals surface area (Å²) >= 11 is 0. The minimum atomic E-state index is -1.04. The Morgan fingerprint density at radius 1 is 1.24 bits per heavy atom. The first-order chi connectivity index (χ1) is 12.1. The Kier molecular flexibility index (Phi) is 4.31. The van der Waals surface area contributed by atoms with Crippen LogP contribution in [0.4, 0.5) is 5.69 Å². The second-order valence-corrected chi connectivity index (χ2v) is 5.52. The Morgan fingerprint density at radius 3 is 2.44 bits per heavy atom. The second kappa shape index (κ2) is 6.57. The lowest BCUT2D eigenvalue weighted by molar-refractivity contribution is 0.0687. The summed E-state index contributed by atoms with van der Waals surface area (Å²) in [6.07, 6.45) is 5.48. The number of carboxylic acids is 1. The molecule has 3 rings (SSSR count). The van der Waals surface area contributed by atoms with E-state index in [-0.39, 0.29) is 5.69 Å². The molecule has 0 spiro atoms. The molecule has 0 aliphatic rings. The van der Waals surface area contributed by atoms with Crippen molar-refractivity contribution in [1.29, 1.82) is 0 Å². The van der Waals surface area contributed by atoms with Gasteiger partial charge < -0.3 is 9.67 Å². The van der Waals surface area contributed by atoms with Crippen LogP contribution in [-0.4, -0.2) is 25.6 Å². The molecule has 0 aliphatic carbocycles. The summed E-state index contributed by atoms with van der Waals surface area (Å²) < 4.78 is 1.60. The van der Waals surface area contributed by atoms with E-state index in [1.165, 1.54) is 0 Å². The molecular weight excluding hydrogens is 316 g/mol. The van der Waals surface area contributed by atoms with Gasteiger partial charge in [0.05, 0.1) is 18.5 Å². The number of rotatable bonds is 4. The van der Waals surface area contributed by atoms with Crippen molar-refractivity contribution in [3.8, 4) is 22.4 Å². The van der Waals surface area contributed by atoms with Crippen molar-refractivity contribution in [2.45, 2.75) is 13.3 Å². The Morgan fingerprint density at radius 2 is 1.92 bits per heavy atom. The summed E-state index contributed by atoms with van der Waals surface area (Å²) in [6, 6.07) is 7.36. The number of nitrogens with zero attached hydrogens (tertiary/aromatic N) is 4. The van der Waals surface area contributed by atoms with Gasteiger partial charge in [-0.25, -0.2) is 9.64 Å². The van der Waals surface area contributed by atoms with Crippen molar-refractivity contribution in [2.75, 3.05) is 0 Å². The summed E-state index contributed by atoms with van der Waals surface area (Å²) in [5, 5.41) is 9.63. The molecule has 2 heterocycles. The standard InChI is InChI=1S/C19H16N4O2/c1-4-15-17(20-2)16(18(19(24)25)23(15)3)13-7-5-12(6-8-13)14-11-21-9-10-22-14/h5-11H,4H2,1,3H3,(H,24,25). The van der Waals surface area contributed by atoms with Gasteiger partial charge in [-0.3, -0.25) is 9.97 Å². The van der Waals surface area contributed by atoms with Crippen LogP contribution in [0.15, 0.2) is 42.9 Å². The smallest absolute Gasteiger partial charge is 0.351 e. The lowest BCUT2D eigenvalue weighted by Gasteiger charge is -2.06. The number of aromatic nitrogens is 3. The van der Waals surface area contributed by atoms with Crippen molar-refractivity contribution in [3.63, 3.8) is 0 Å². The number of carboxylic acid groups (broad SMARTS) is 1. The van der Waals surface area contributed by atoms with Gasteiger partial charge in [0.1, 0.15) is 5.69 Å². The molecular formula is C19H16N4O2. The first kappa shape index (κ1) is 16.4. The fraction of sp³-hybridized carbons (Fsp3) is 0.158. The number of benzene rings is 1. The maximum Gasteiger partial charge on any atom is 0.351 e. The number of aromatic carboxylic acids is 1. The van der Waals surface area contributed by atoms with E-state index >= 15 is 0 Å². The van der Waals surface area contributed by atoms with E-state index in [0.29, 0.717) is 23.2 Å². The SMILES string of the molecule is [C-]#[N+]c1c(-c2ccc(-c3cnccn3)cc2)c(C(=O)O)n(C)c1CC. The van der Waals surface area contributed by atoms with E-state index in [4.69, 9.17) is 6.57 Å². The first-order valence-corrected chi connectivity index (χ1v) is 7.77. The highest BCUT2D eigenvalue weighted by atomic mass is 16.4. The van der Waals surface area contributed by atoms with Crippen LogP contribution in [0.5, 0.6) is 0 Å². The minimum absolute atomic E-state index is 0.134. The highest BCUT2D eigenvalue weighted by molar-refractivity contribution is 6.00. The van der Waals surface area contributed by atoms with E-state index in [9.17, 15) is 9.90 Å². The second-order valence-electron chi connectivity index (χ2n) is 5.52. The summed E-state index contributed by atoms with van der Waals surface area (Å²) in [4.78, 5) is 23.7. The largest absolute Gasteiger partial charge is 0.477 e. The monoisotopic (exact) mass is 332 g/mol. The molecule has 1 aromatic carbocycles. The molecule has 0 radical (unpaired) electrons. The highest BCUT2D eigenvalue weighted by Gasteiger charge is 2.25. The number of hydrogen-bond acceptors (Lipinski definition) is 3. The minimum Gasteiger partial charge on any atom is -0.477 e. The van der Waals surface area contributed by atoms with Crippen molar-refractivity contribution in [2.24, 2.45) is 7.05 Å². The zero-order valence-corrected chi connectivity index (χ0v) is 13.9. The van der Waals surface area contributed by atoms with E-state index in [2.05, 4.69) is 14.8 Å². The molecule has 25 heavy (non-hydrogen) atoms. The third-order valence-corrected chi connectivity index (χ3v) is 4.17. The maximum atomic E-state index is 11.8. The van der Waals surface area contributed by atoms with Crippen molar-refractivity contribution in [1.82, 2.24) is 14.5 Å². The van der Waals surface area contributed by atoms with Crippen LogP contribution < -0.4 is 0 Å². The molecule has 2 aromatic heterocycles. The predicted molar refractivity (Wildman–Crippen MR) is 94.5 cm³/mol. The van der Waals surface area contributed by atoms with Gasteiger partial charge in [-0.2, -0.15) is 0 Å². The molecule has 0 amide bonds. The zero-order chi connectivity index (χ0) is 18.0. The van der Waals surface area contributed by atoms with Gasteiger partial charge in [0, 0.05) is 36.3 Å². The molecule has 0 bridgehead atoms. The van der Waals surface area contributed by atoms with Gasteiger partial charge >= 0.3 is 5.97 Å². The quantitative estimate of drug-likeness (QED) is 0.734. The molecule has 1 N–H and O–H groups in total. The Labute approximate surface area is 145 Å². The maximum absolute atomic E-state index is 11.8. The van der Waals surface area contributed by atoms with Gasteiger partial charge in [0.15, 0.2) is 0 Å². The number of carbonyl (C=O) groups is 1. The summed E-state index contributed by atoms with van der Waals surface area (Å²) in [7, 11) is 1.69. The van der Waals surface area contributed by atoms with E-state index in [0.717, 1.165) is 17.0 Å². The summed E-state index contributed by atoms with van der Waals surface area (Å²) in [6.45, 7) is 9.42. The van der Waals surface area contributed by atoms with Crippen LogP contribution in [0.25, 0.3) is 27.2 Å². The van der Waals surface area contributed by atoms with Crippen molar-refractivity contribution in [3.05, 3.63) is 65.7 Å². The van der Waals surface area contributed by atoms with Gasteiger partial charge in [-0.05, 0) is 12.0 Å². The topological polar surface area (TPSA) is 72.4 Å². The molecule has 0 saturated heterocycles. The Balaban J connectivity index is 2.17. The lowest BCUT2D eigenvalue weighted by atomic mass is 10.0. The molecule has 0 fully saturated rings. The van der Waals surface area contributed by atoms with Crippen LogP contribution in [0.1, 0.15) is 23.1 Å². The third kappa shape index (κ3) is 2.76. The predicted octanol–water partition coefficient (Wildman–Crippen LogP) is 3.96. The van der Waals surface area contributed by atoms with Crippen molar-refractivity contribution >= 4 is 11.7 Å². The Bertz CT molecular complexity index is 967. The Hall–Kier alpha value is -3.46. The first-order valence-electron chi connectivity index (χ1n) is 7.77. The summed E-state index contributed by atoms with van der Waals surface area (Å²) in [5.41, 5.74) is 4.04. The average molecular weight is 332 g/mol. The average Bonchev–Trinajstić information content (AvgIpc) is 2.94. The normalized spacial score (nSPS) is 10.4. The molecule has 6 heteroatoms. The molecule has 0 saturated carbocycles. The number of hydrogen-bond donors (Lipinski definition) is 1. The van der Waals surface area contributed by atoms with E-state index in [1.54, 1.807) is 30.2 Å². The van der Waals surface area contributed by atoms with Gasteiger partial charge in [0.2, 0.25) is 5.69 Å². The van der Waals surface area contributed by atoms with Crippen LogP contribution in [0, 0.1) is 6.57 Å². The third-order valence-electron chi connectivity index (χ3n) is 4.17. The van der Waals surface area contributed by atoms with Gasteiger partial charge in [-0.1, -0.05) is 31.2 Å². The van der Waals surface area contributed by atoms with E-state index < -0.39 is 5.97 Å². The lowest BCUT2D eigenvalue weighted by Crippen LogP contribution is -2.07. The fourth-order valence-electron chi connectivity index (χ4n) is 3.02. The molecule has 124 valence electrons. The molecule has 3 aromatic rings. The molecule has 6 nitrogen and oxygen atoms in total. The fourth-order valence-corrected chi connectivity index (χ4v) is 3.02. The van der Waals surface area contributed by atoms with E-state index in [1.807, 2.05) is 31.2 Å². The zero-order valence-electron chi connectivity index (χ0n) is 13.9.